The largest absolute Gasteiger partial charge is 0.273 e. The predicted octanol–water partition coefficient (Wildman–Crippen LogP) is 4.97. The molecule has 35 heavy (non-hydrogen) atoms. The zero-order valence-corrected chi connectivity index (χ0v) is 18.8. The fourth-order valence-electron chi connectivity index (χ4n) is 3.81. The average Bonchev–Trinajstić information content (AvgIpc) is 2.92. The molecule has 0 aliphatic carbocycles. The second-order valence-electron chi connectivity index (χ2n) is 8.02. The van der Waals surface area contributed by atoms with Gasteiger partial charge in [0.15, 0.2) is 0 Å². The maximum atomic E-state index is 12.7. The molecule has 0 atom stereocenters. The Morgan fingerprint density at radius 1 is 0.600 bits per heavy atom. The van der Waals surface area contributed by atoms with Gasteiger partial charge in [0.2, 0.25) is 5.91 Å². The lowest BCUT2D eigenvalue weighted by Crippen LogP contribution is -2.42. The van der Waals surface area contributed by atoms with Crippen molar-refractivity contribution in [2.24, 2.45) is 0 Å². The summed E-state index contributed by atoms with van der Waals surface area (Å²) < 4.78 is 0. The molecule has 0 radical (unpaired) electrons. The zero-order valence-electron chi connectivity index (χ0n) is 18.8. The van der Waals surface area contributed by atoms with Gasteiger partial charge in [-0.05, 0) is 23.8 Å². The van der Waals surface area contributed by atoms with E-state index >= 15 is 0 Å². The molecule has 1 heterocycles. The first-order valence-corrected chi connectivity index (χ1v) is 11.2. The van der Waals surface area contributed by atoms with Crippen LogP contribution in [0.4, 0.5) is 0 Å². The van der Waals surface area contributed by atoms with Crippen molar-refractivity contribution >= 4 is 22.8 Å². The first-order chi connectivity index (χ1) is 17.2. The Kier molecular flexibility index (Phi) is 6.26. The van der Waals surface area contributed by atoms with Gasteiger partial charge in [0.05, 0.1) is 28.8 Å². The summed E-state index contributed by atoms with van der Waals surface area (Å²) in [7, 11) is 0. The summed E-state index contributed by atoms with van der Waals surface area (Å²) in [6, 6.07) is 34.2. The number of nitrogens with zero attached hydrogens (tertiary/aromatic N) is 2. The Labute approximate surface area is 202 Å². The van der Waals surface area contributed by atoms with Crippen LogP contribution >= 0.6 is 0 Å². The van der Waals surface area contributed by atoms with Gasteiger partial charge in [0, 0.05) is 16.7 Å². The number of hydrazine groups is 1. The molecule has 5 rings (SSSR count). The third-order valence-corrected chi connectivity index (χ3v) is 5.54. The Morgan fingerprint density at radius 3 is 1.74 bits per heavy atom. The fourth-order valence-corrected chi connectivity index (χ4v) is 3.81. The highest BCUT2D eigenvalue weighted by molar-refractivity contribution is 5.99. The molecule has 0 aliphatic rings. The van der Waals surface area contributed by atoms with Crippen molar-refractivity contribution in [1.29, 1.82) is 0 Å². The van der Waals surface area contributed by atoms with Gasteiger partial charge in [-0.15, -0.1) is 0 Å². The van der Waals surface area contributed by atoms with Crippen LogP contribution in [0.25, 0.3) is 33.5 Å². The van der Waals surface area contributed by atoms with Crippen molar-refractivity contribution in [2.75, 3.05) is 0 Å². The molecule has 5 aromatic rings. The second-order valence-corrected chi connectivity index (χ2v) is 8.02. The smallest absolute Gasteiger partial charge is 0.269 e. The topological polar surface area (TPSA) is 84.0 Å². The number of aromatic nitrogens is 2. The van der Waals surface area contributed by atoms with Crippen molar-refractivity contribution in [2.45, 2.75) is 6.42 Å². The molecule has 6 heteroatoms. The van der Waals surface area contributed by atoms with Crippen LogP contribution in [-0.2, 0) is 11.2 Å². The molecule has 0 unspecified atom stereocenters. The summed E-state index contributed by atoms with van der Waals surface area (Å²) >= 11 is 0. The molecular formula is C29H22N4O2. The SMILES string of the molecule is O=C(Cc1ccccc1)NNC(=O)c1ccc2nc(-c3ccccc3)c(-c3ccccc3)nc2c1. The molecule has 6 nitrogen and oxygen atoms in total. The predicted molar refractivity (Wildman–Crippen MR) is 136 cm³/mol. The van der Waals surface area contributed by atoms with Crippen molar-refractivity contribution in [3.8, 4) is 22.5 Å². The zero-order chi connectivity index (χ0) is 24.0. The van der Waals surface area contributed by atoms with Crippen LogP contribution < -0.4 is 10.9 Å². The lowest BCUT2D eigenvalue weighted by molar-refractivity contribution is -0.121. The maximum Gasteiger partial charge on any atom is 0.269 e. The van der Waals surface area contributed by atoms with Gasteiger partial charge in [-0.1, -0.05) is 91.0 Å². The normalized spacial score (nSPS) is 10.6. The first kappa shape index (κ1) is 22.0. The molecule has 2 N–H and O–H groups in total. The summed E-state index contributed by atoms with van der Waals surface area (Å²) in [6.07, 6.45) is 0.174. The molecule has 1 aromatic heterocycles. The van der Waals surface area contributed by atoms with Gasteiger partial charge in [0.1, 0.15) is 0 Å². The minimum atomic E-state index is -0.427. The first-order valence-electron chi connectivity index (χ1n) is 11.2. The van der Waals surface area contributed by atoms with Crippen LogP contribution in [0.1, 0.15) is 15.9 Å². The van der Waals surface area contributed by atoms with Crippen molar-refractivity contribution in [1.82, 2.24) is 20.8 Å². The monoisotopic (exact) mass is 458 g/mol. The van der Waals surface area contributed by atoms with Crippen LogP contribution in [0.15, 0.2) is 109 Å². The molecule has 0 spiro atoms. The van der Waals surface area contributed by atoms with Gasteiger partial charge in [0.25, 0.3) is 5.91 Å². The lowest BCUT2D eigenvalue weighted by Gasteiger charge is -2.12. The van der Waals surface area contributed by atoms with E-state index in [1.807, 2.05) is 91.0 Å². The van der Waals surface area contributed by atoms with Gasteiger partial charge in [-0.25, -0.2) is 9.97 Å². The van der Waals surface area contributed by atoms with E-state index in [2.05, 4.69) is 10.9 Å². The fraction of sp³-hybridized carbons (Fsp3) is 0.0345. The summed E-state index contributed by atoms with van der Waals surface area (Å²) in [4.78, 5) is 34.7. The summed E-state index contributed by atoms with van der Waals surface area (Å²) in [5.74, 6) is -0.729. The Bertz CT molecular complexity index is 1490. The van der Waals surface area contributed by atoms with E-state index in [0.717, 1.165) is 28.1 Å². The van der Waals surface area contributed by atoms with Crippen LogP contribution in [0.3, 0.4) is 0 Å². The van der Waals surface area contributed by atoms with Crippen LogP contribution in [-0.4, -0.2) is 21.8 Å². The Hall–Kier alpha value is -4.84. The molecule has 4 aromatic carbocycles. The van der Waals surface area contributed by atoms with Gasteiger partial charge in [-0.3, -0.25) is 20.4 Å². The van der Waals surface area contributed by atoms with Crippen LogP contribution in [0.2, 0.25) is 0 Å². The molecular weight excluding hydrogens is 436 g/mol. The van der Waals surface area contributed by atoms with E-state index < -0.39 is 5.91 Å². The molecule has 0 bridgehead atoms. The molecule has 0 saturated heterocycles. The second kappa shape index (κ2) is 9.97. The molecule has 0 fully saturated rings. The van der Waals surface area contributed by atoms with Gasteiger partial charge in [-0.2, -0.15) is 0 Å². The number of benzene rings is 4. The van der Waals surface area contributed by atoms with Crippen LogP contribution in [0.5, 0.6) is 0 Å². The number of carbonyl (C=O) groups is 2. The molecule has 170 valence electrons. The molecule has 0 aliphatic heterocycles. The Morgan fingerprint density at radius 2 is 1.14 bits per heavy atom. The van der Waals surface area contributed by atoms with E-state index in [1.165, 1.54) is 0 Å². The van der Waals surface area contributed by atoms with Crippen molar-refractivity contribution in [3.05, 3.63) is 120 Å². The summed E-state index contributed by atoms with van der Waals surface area (Å²) in [5, 5.41) is 0. The van der Waals surface area contributed by atoms with E-state index in [0.29, 0.717) is 16.6 Å². The van der Waals surface area contributed by atoms with E-state index in [9.17, 15) is 9.59 Å². The van der Waals surface area contributed by atoms with Crippen molar-refractivity contribution in [3.63, 3.8) is 0 Å². The third kappa shape index (κ3) is 5.07. The maximum absolute atomic E-state index is 12.7. The number of nitrogens with one attached hydrogen (secondary N) is 2. The Balaban J connectivity index is 1.42. The van der Waals surface area contributed by atoms with Gasteiger partial charge >= 0.3 is 0 Å². The highest BCUT2D eigenvalue weighted by atomic mass is 16.2. The van der Waals surface area contributed by atoms with Crippen molar-refractivity contribution < 1.29 is 9.59 Å². The standard InChI is InChI=1S/C29H22N4O2/c34-26(18-20-10-4-1-5-11-20)32-33-29(35)23-16-17-24-25(19-23)31-28(22-14-8-3-9-15-22)27(30-24)21-12-6-2-7-13-21/h1-17,19H,18H2,(H,32,34)(H,33,35). The third-order valence-electron chi connectivity index (χ3n) is 5.54. The highest BCUT2D eigenvalue weighted by Gasteiger charge is 2.15. The molecule has 0 saturated carbocycles. The number of fused-ring (bicyclic) bond motifs is 1. The minimum Gasteiger partial charge on any atom is -0.273 e. The summed E-state index contributed by atoms with van der Waals surface area (Å²) in [6.45, 7) is 0. The van der Waals surface area contributed by atoms with E-state index in [4.69, 9.17) is 9.97 Å². The summed E-state index contributed by atoms with van der Waals surface area (Å²) in [5.41, 5.74) is 10.9. The van der Waals surface area contributed by atoms with Gasteiger partial charge < -0.3 is 0 Å². The van der Waals surface area contributed by atoms with Crippen LogP contribution in [0, 0.1) is 0 Å². The number of hydrogen-bond acceptors (Lipinski definition) is 4. The average molecular weight is 459 g/mol. The number of carbonyl (C=O) groups excluding carboxylic acids is 2. The van der Waals surface area contributed by atoms with E-state index in [-0.39, 0.29) is 12.3 Å². The highest BCUT2D eigenvalue weighted by Crippen LogP contribution is 2.31. The number of amides is 2. The van der Waals surface area contributed by atoms with E-state index in [1.54, 1.807) is 18.2 Å². The molecule has 2 amide bonds. The lowest BCUT2D eigenvalue weighted by atomic mass is 10.0. The minimum absolute atomic E-state index is 0.174. The number of hydrogen-bond donors (Lipinski definition) is 2. The number of rotatable bonds is 5. The quantitative estimate of drug-likeness (QED) is 0.364.